The third-order valence-corrected chi connectivity index (χ3v) is 7.41. The van der Waals surface area contributed by atoms with E-state index in [4.69, 9.17) is 0 Å². The minimum Gasteiger partial charge on any atom is -0.387 e. The molecule has 0 aromatic heterocycles. The first-order valence-corrected chi connectivity index (χ1v) is 12.3. The molecule has 3 amide bonds. The second kappa shape index (κ2) is 10.5. The number of benzene rings is 2. The van der Waals surface area contributed by atoms with Crippen LogP contribution in [0.3, 0.4) is 0 Å². The molecule has 1 N–H and O–H groups in total. The average molecular weight is 463 g/mol. The van der Waals surface area contributed by atoms with Crippen molar-refractivity contribution >= 4 is 17.7 Å². The van der Waals surface area contributed by atoms with Gasteiger partial charge in [0.1, 0.15) is 0 Å². The summed E-state index contributed by atoms with van der Waals surface area (Å²) in [6, 6.07) is 18.4. The maximum absolute atomic E-state index is 13.8. The molecule has 2 aromatic rings. The van der Waals surface area contributed by atoms with Crippen molar-refractivity contribution < 1.29 is 19.5 Å². The van der Waals surface area contributed by atoms with Crippen LogP contribution in [0.2, 0.25) is 0 Å². The lowest BCUT2D eigenvalue weighted by Gasteiger charge is -2.31. The number of imide groups is 1. The molecule has 2 aliphatic rings. The van der Waals surface area contributed by atoms with Crippen LogP contribution in [0.15, 0.2) is 60.7 Å². The molecule has 2 aromatic carbocycles. The quantitative estimate of drug-likeness (QED) is 0.605. The number of hydrogen-bond donors (Lipinski definition) is 1. The summed E-state index contributed by atoms with van der Waals surface area (Å²) in [4.78, 5) is 43.1. The topological polar surface area (TPSA) is 77.9 Å². The van der Waals surface area contributed by atoms with E-state index in [0.29, 0.717) is 18.0 Å². The zero-order valence-electron chi connectivity index (χ0n) is 19.9. The minimum atomic E-state index is -1.20. The highest BCUT2D eigenvalue weighted by Gasteiger charge is 2.54. The molecule has 1 saturated carbocycles. The van der Waals surface area contributed by atoms with Gasteiger partial charge >= 0.3 is 0 Å². The lowest BCUT2D eigenvalue weighted by Crippen LogP contribution is -2.44. The van der Waals surface area contributed by atoms with Crippen molar-refractivity contribution in [2.45, 2.75) is 56.5 Å². The first kappa shape index (κ1) is 24.1. The summed E-state index contributed by atoms with van der Waals surface area (Å²) in [5.41, 5.74) is 0.228. The molecule has 1 aliphatic heterocycles. The molecule has 1 heterocycles. The lowest BCUT2D eigenvalue weighted by molar-refractivity contribution is -0.143. The van der Waals surface area contributed by atoms with Crippen molar-refractivity contribution in [3.63, 3.8) is 0 Å². The Bertz CT molecular complexity index is 1000. The van der Waals surface area contributed by atoms with Crippen molar-refractivity contribution in [2.75, 3.05) is 20.1 Å². The smallest absolute Gasteiger partial charge is 0.240 e. The zero-order chi connectivity index (χ0) is 24.1. The van der Waals surface area contributed by atoms with Crippen molar-refractivity contribution in [1.29, 1.82) is 0 Å². The number of likely N-dealkylation sites (tertiary alicyclic amines) is 1. The molecule has 0 radical (unpaired) electrons. The Morgan fingerprint density at radius 3 is 2.29 bits per heavy atom. The Labute approximate surface area is 201 Å². The van der Waals surface area contributed by atoms with Crippen molar-refractivity contribution in [2.24, 2.45) is 5.92 Å². The maximum atomic E-state index is 13.8. The number of carbonyl (C=O) groups excluding carboxylic acids is 3. The van der Waals surface area contributed by atoms with Gasteiger partial charge in [0.05, 0.1) is 18.1 Å². The van der Waals surface area contributed by atoms with E-state index in [1.807, 2.05) is 60.7 Å². The molecular formula is C28H34N2O4. The molecule has 0 spiro atoms. The number of likely N-dealkylation sites (N-methyl/N-ethyl adjacent to an activating group) is 1. The van der Waals surface area contributed by atoms with Gasteiger partial charge in [-0.3, -0.25) is 19.3 Å². The van der Waals surface area contributed by atoms with Crippen LogP contribution in [0.1, 0.15) is 62.2 Å². The molecule has 0 unspecified atom stereocenters. The standard InChI is InChI=1S/C28H34N2O4/c1-29(20-24(31)22-13-7-3-8-14-22)25(32)17-28(23-15-9-4-10-16-23)18-26(33)30(27(28)34)19-21-11-5-2-6-12-21/h3-4,7-10,13-16,21,24,31H,2,5-6,11-12,17-20H2,1H3/t24-,28+/m1/s1. The van der Waals surface area contributed by atoms with Crippen LogP contribution in [0.4, 0.5) is 0 Å². The fourth-order valence-electron chi connectivity index (χ4n) is 5.37. The summed E-state index contributed by atoms with van der Waals surface area (Å²) in [5.74, 6) is -0.383. The highest BCUT2D eigenvalue weighted by Crippen LogP contribution is 2.41. The fourth-order valence-corrected chi connectivity index (χ4v) is 5.37. The monoisotopic (exact) mass is 462 g/mol. The van der Waals surface area contributed by atoms with Crippen molar-refractivity contribution in [1.82, 2.24) is 9.80 Å². The molecule has 2 fully saturated rings. The minimum absolute atomic E-state index is 0.00336. The molecule has 1 saturated heterocycles. The summed E-state index contributed by atoms with van der Waals surface area (Å²) in [5, 5.41) is 10.6. The summed E-state index contributed by atoms with van der Waals surface area (Å²) < 4.78 is 0. The van der Waals surface area contributed by atoms with Crippen LogP contribution in [0, 0.1) is 5.92 Å². The predicted molar refractivity (Wildman–Crippen MR) is 130 cm³/mol. The normalized spacial score (nSPS) is 22.1. The van der Waals surface area contributed by atoms with Gasteiger partial charge in [-0.15, -0.1) is 0 Å². The first-order chi connectivity index (χ1) is 16.4. The second-order valence-electron chi connectivity index (χ2n) is 9.82. The first-order valence-electron chi connectivity index (χ1n) is 12.3. The Balaban J connectivity index is 1.54. The van der Waals surface area contributed by atoms with Crippen LogP contribution < -0.4 is 0 Å². The lowest BCUT2D eigenvalue weighted by atomic mass is 9.75. The van der Waals surface area contributed by atoms with Crippen LogP contribution >= 0.6 is 0 Å². The average Bonchev–Trinajstić information content (AvgIpc) is 3.10. The summed E-state index contributed by atoms with van der Waals surface area (Å²) in [7, 11) is 1.63. The number of aliphatic hydroxyl groups excluding tert-OH is 1. The molecule has 0 bridgehead atoms. The third-order valence-electron chi connectivity index (χ3n) is 7.41. The SMILES string of the molecule is CN(C[C@@H](O)c1ccccc1)C(=O)C[C@@]1(c2ccccc2)CC(=O)N(CC2CCCCC2)C1=O. The van der Waals surface area contributed by atoms with E-state index in [1.165, 1.54) is 16.2 Å². The van der Waals surface area contributed by atoms with Crippen molar-refractivity contribution in [3.05, 3.63) is 71.8 Å². The summed E-state index contributed by atoms with van der Waals surface area (Å²) in [6.07, 6.45) is 4.64. The number of hydrogen-bond acceptors (Lipinski definition) is 4. The number of nitrogens with zero attached hydrogens (tertiary/aromatic N) is 2. The molecule has 6 heteroatoms. The van der Waals surface area contributed by atoms with Gasteiger partial charge in [0.15, 0.2) is 0 Å². The highest BCUT2D eigenvalue weighted by molar-refractivity contribution is 6.10. The van der Waals surface area contributed by atoms with E-state index in [9.17, 15) is 19.5 Å². The Kier molecular flexibility index (Phi) is 7.47. The van der Waals surface area contributed by atoms with Gasteiger partial charge in [0.2, 0.25) is 17.7 Å². The Morgan fingerprint density at radius 2 is 1.65 bits per heavy atom. The summed E-state index contributed by atoms with van der Waals surface area (Å²) in [6.45, 7) is 0.560. The van der Waals surface area contributed by atoms with E-state index in [2.05, 4.69) is 0 Å². The van der Waals surface area contributed by atoms with Gasteiger partial charge < -0.3 is 10.0 Å². The van der Waals surface area contributed by atoms with E-state index >= 15 is 0 Å². The van der Waals surface area contributed by atoms with Crippen molar-refractivity contribution in [3.8, 4) is 0 Å². The number of carbonyl (C=O) groups is 3. The molecule has 34 heavy (non-hydrogen) atoms. The van der Waals surface area contributed by atoms with Gasteiger partial charge in [0, 0.05) is 26.4 Å². The molecule has 180 valence electrons. The molecule has 6 nitrogen and oxygen atoms in total. The van der Waals surface area contributed by atoms with Gasteiger partial charge in [-0.25, -0.2) is 0 Å². The molecule has 4 rings (SSSR count). The third kappa shape index (κ3) is 5.07. The van der Waals surface area contributed by atoms with Crippen LogP contribution in [-0.2, 0) is 19.8 Å². The Hall–Kier alpha value is -2.99. The Morgan fingerprint density at radius 1 is 1.03 bits per heavy atom. The predicted octanol–water partition coefficient (Wildman–Crippen LogP) is 3.85. The number of amides is 3. The van der Waals surface area contributed by atoms with Gasteiger partial charge in [-0.05, 0) is 29.9 Å². The highest BCUT2D eigenvalue weighted by atomic mass is 16.3. The molecular weight excluding hydrogens is 428 g/mol. The number of rotatable bonds is 8. The van der Waals surface area contributed by atoms with E-state index in [0.717, 1.165) is 31.2 Å². The van der Waals surface area contributed by atoms with E-state index in [1.54, 1.807) is 7.05 Å². The maximum Gasteiger partial charge on any atom is 0.240 e. The zero-order valence-corrected chi connectivity index (χ0v) is 19.9. The largest absolute Gasteiger partial charge is 0.387 e. The second-order valence-corrected chi connectivity index (χ2v) is 9.82. The van der Waals surface area contributed by atoms with Crippen LogP contribution in [-0.4, -0.2) is 52.8 Å². The van der Waals surface area contributed by atoms with Gasteiger partial charge in [0.25, 0.3) is 0 Å². The van der Waals surface area contributed by atoms with Gasteiger partial charge in [-0.2, -0.15) is 0 Å². The fraction of sp³-hybridized carbons (Fsp3) is 0.464. The molecule has 1 aliphatic carbocycles. The van der Waals surface area contributed by atoms with Crippen LogP contribution in [0.5, 0.6) is 0 Å². The van der Waals surface area contributed by atoms with Crippen LogP contribution in [0.25, 0.3) is 0 Å². The van der Waals surface area contributed by atoms with E-state index in [-0.39, 0.29) is 37.1 Å². The molecule has 2 atom stereocenters. The van der Waals surface area contributed by atoms with Gasteiger partial charge in [-0.1, -0.05) is 79.9 Å². The van der Waals surface area contributed by atoms with E-state index < -0.39 is 11.5 Å². The summed E-state index contributed by atoms with van der Waals surface area (Å²) >= 11 is 0. The number of aliphatic hydroxyl groups is 1.